The largest absolute Gasteiger partial charge is 0.368 e. The minimum absolute atomic E-state index is 0.121. The van der Waals surface area contributed by atoms with Crippen molar-refractivity contribution in [3.63, 3.8) is 0 Å². The average Bonchev–Trinajstić information content (AvgIpc) is 2.10. The summed E-state index contributed by atoms with van der Waals surface area (Å²) in [7, 11) is 0. The fourth-order valence-corrected chi connectivity index (χ4v) is 0.725. The van der Waals surface area contributed by atoms with E-state index in [1.165, 1.54) is 0 Å². The minimum atomic E-state index is -0.557. The highest BCUT2D eigenvalue weighted by atomic mass is 16.6. The summed E-state index contributed by atoms with van der Waals surface area (Å²) in [6.07, 6.45) is 1.80. The Hall–Kier alpha value is -0.980. The van der Waals surface area contributed by atoms with Crippen molar-refractivity contribution >= 4 is 12.2 Å². The van der Waals surface area contributed by atoms with Gasteiger partial charge in [0.2, 0.25) is 5.91 Å². The van der Waals surface area contributed by atoms with E-state index < -0.39 is 5.91 Å². The maximum Gasteiger partial charge on any atom is 0.245 e. The van der Waals surface area contributed by atoms with Gasteiger partial charge in [0.15, 0.2) is 0 Å². The molecule has 1 unspecified atom stereocenters. The van der Waals surface area contributed by atoms with Crippen LogP contribution < -0.4 is 16.9 Å². The van der Waals surface area contributed by atoms with Gasteiger partial charge in [0, 0.05) is 19.0 Å². The smallest absolute Gasteiger partial charge is 0.245 e. The summed E-state index contributed by atoms with van der Waals surface area (Å²) in [4.78, 5) is 25.0. The van der Waals surface area contributed by atoms with Gasteiger partial charge >= 0.3 is 0 Å². The van der Waals surface area contributed by atoms with E-state index in [2.05, 4.69) is 5.48 Å². The summed E-state index contributed by atoms with van der Waals surface area (Å²) < 4.78 is 0. The summed E-state index contributed by atoms with van der Waals surface area (Å²) >= 11 is 0. The lowest BCUT2D eigenvalue weighted by Gasteiger charge is -2.14. The predicted octanol–water partition coefficient (Wildman–Crippen LogP) is -1.70. The van der Waals surface area contributed by atoms with Crippen LogP contribution in [0.4, 0.5) is 0 Å². The molecule has 0 aliphatic carbocycles. The molecule has 0 aliphatic rings. The highest BCUT2D eigenvalue weighted by molar-refractivity contribution is 5.74. The first kappa shape index (κ1) is 12.0. The first-order chi connectivity index (χ1) is 6.20. The number of nitrogens with one attached hydrogen (secondary N) is 1. The van der Waals surface area contributed by atoms with Crippen LogP contribution in [0.2, 0.25) is 0 Å². The van der Waals surface area contributed by atoms with Crippen molar-refractivity contribution in [3.05, 3.63) is 0 Å². The Labute approximate surface area is 76.5 Å². The van der Waals surface area contributed by atoms with Crippen LogP contribution in [0.5, 0.6) is 0 Å². The third kappa shape index (κ3) is 7.38. The molecule has 76 valence electrons. The number of aldehydes is 1. The molecule has 5 N–H and O–H groups in total. The molecule has 6 nitrogen and oxygen atoms in total. The van der Waals surface area contributed by atoms with Gasteiger partial charge in [-0.1, -0.05) is 0 Å². The lowest BCUT2D eigenvalue weighted by atomic mass is 10.2. The number of primary amides is 1. The van der Waals surface area contributed by atoms with Crippen molar-refractivity contribution in [2.45, 2.75) is 18.9 Å². The number of amides is 1. The van der Waals surface area contributed by atoms with Crippen LogP contribution in [0.15, 0.2) is 0 Å². The van der Waals surface area contributed by atoms with Gasteiger partial charge in [-0.25, -0.2) is 0 Å². The lowest BCUT2D eigenvalue weighted by molar-refractivity contribution is -0.126. The SMILES string of the molecule is NCC(CCC=O)NOCC(N)=O. The first-order valence-electron chi connectivity index (χ1n) is 4.00. The van der Waals surface area contributed by atoms with E-state index in [1.807, 2.05) is 0 Å². The third-order valence-corrected chi connectivity index (χ3v) is 1.38. The molecule has 0 aromatic carbocycles. The molecule has 0 aromatic rings. The average molecular weight is 189 g/mol. The maximum absolute atomic E-state index is 10.3. The molecule has 0 spiro atoms. The van der Waals surface area contributed by atoms with Crippen LogP contribution in [0.25, 0.3) is 0 Å². The summed E-state index contributed by atoms with van der Waals surface area (Å²) in [5.74, 6) is -0.557. The van der Waals surface area contributed by atoms with E-state index in [4.69, 9.17) is 16.3 Å². The zero-order valence-electron chi connectivity index (χ0n) is 7.36. The quantitative estimate of drug-likeness (QED) is 0.311. The van der Waals surface area contributed by atoms with Gasteiger partial charge in [-0.2, -0.15) is 5.48 Å². The van der Waals surface area contributed by atoms with Gasteiger partial charge < -0.3 is 16.3 Å². The molecule has 0 aliphatic heterocycles. The van der Waals surface area contributed by atoms with Crippen LogP contribution >= 0.6 is 0 Å². The zero-order valence-corrected chi connectivity index (χ0v) is 7.36. The number of hydrogen-bond acceptors (Lipinski definition) is 5. The fourth-order valence-electron chi connectivity index (χ4n) is 0.725. The van der Waals surface area contributed by atoms with Crippen molar-refractivity contribution in [1.29, 1.82) is 0 Å². The van der Waals surface area contributed by atoms with Crippen molar-refractivity contribution in [3.8, 4) is 0 Å². The number of hydrogen-bond donors (Lipinski definition) is 3. The summed E-state index contributed by atoms with van der Waals surface area (Å²) in [5.41, 5.74) is 12.7. The molecule has 0 heterocycles. The van der Waals surface area contributed by atoms with E-state index in [-0.39, 0.29) is 12.6 Å². The van der Waals surface area contributed by atoms with Crippen LogP contribution in [-0.2, 0) is 14.4 Å². The zero-order chi connectivity index (χ0) is 10.1. The maximum atomic E-state index is 10.3. The predicted molar refractivity (Wildman–Crippen MR) is 46.4 cm³/mol. The van der Waals surface area contributed by atoms with Crippen LogP contribution in [-0.4, -0.2) is 31.4 Å². The molecule has 0 saturated carbocycles. The Morgan fingerprint density at radius 2 is 2.31 bits per heavy atom. The Morgan fingerprint density at radius 1 is 1.62 bits per heavy atom. The van der Waals surface area contributed by atoms with E-state index in [0.29, 0.717) is 19.4 Å². The molecule has 0 fully saturated rings. The van der Waals surface area contributed by atoms with Crippen molar-refractivity contribution in [2.75, 3.05) is 13.2 Å². The second-order valence-electron chi connectivity index (χ2n) is 2.55. The van der Waals surface area contributed by atoms with Gasteiger partial charge in [-0.05, 0) is 6.42 Å². The fraction of sp³-hybridized carbons (Fsp3) is 0.714. The third-order valence-electron chi connectivity index (χ3n) is 1.38. The molecule has 1 atom stereocenters. The van der Waals surface area contributed by atoms with E-state index in [9.17, 15) is 9.59 Å². The van der Waals surface area contributed by atoms with Crippen LogP contribution in [0.3, 0.4) is 0 Å². The van der Waals surface area contributed by atoms with Gasteiger partial charge in [-0.3, -0.25) is 9.63 Å². The van der Waals surface area contributed by atoms with Crippen molar-refractivity contribution in [2.24, 2.45) is 11.5 Å². The highest BCUT2D eigenvalue weighted by Crippen LogP contribution is 1.92. The van der Waals surface area contributed by atoms with E-state index in [0.717, 1.165) is 6.29 Å². The molecule has 13 heavy (non-hydrogen) atoms. The van der Waals surface area contributed by atoms with Gasteiger partial charge in [0.25, 0.3) is 0 Å². The molecular formula is C7H15N3O3. The highest BCUT2D eigenvalue weighted by Gasteiger charge is 2.05. The number of nitrogens with two attached hydrogens (primary N) is 2. The molecule has 0 radical (unpaired) electrons. The topological polar surface area (TPSA) is 107 Å². The van der Waals surface area contributed by atoms with E-state index >= 15 is 0 Å². The second kappa shape index (κ2) is 7.66. The van der Waals surface area contributed by atoms with Crippen LogP contribution in [0.1, 0.15) is 12.8 Å². The molecule has 0 bridgehead atoms. The van der Waals surface area contributed by atoms with E-state index in [1.54, 1.807) is 0 Å². The normalized spacial score (nSPS) is 12.4. The van der Waals surface area contributed by atoms with Gasteiger partial charge in [0.05, 0.1) is 0 Å². The summed E-state index contributed by atoms with van der Waals surface area (Å²) in [5, 5.41) is 0. The van der Waals surface area contributed by atoms with Gasteiger partial charge in [0.1, 0.15) is 12.9 Å². The number of carbonyl (C=O) groups is 2. The van der Waals surface area contributed by atoms with Crippen molar-refractivity contribution in [1.82, 2.24) is 5.48 Å². The Balaban J connectivity index is 3.46. The van der Waals surface area contributed by atoms with Crippen molar-refractivity contribution < 1.29 is 14.4 Å². The minimum Gasteiger partial charge on any atom is -0.368 e. The monoisotopic (exact) mass is 189 g/mol. The number of hydroxylamine groups is 1. The summed E-state index contributed by atoms with van der Waals surface area (Å²) in [6.45, 7) is 0.143. The number of rotatable bonds is 8. The lowest BCUT2D eigenvalue weighted by Crippen LogP contribution is -2.38. The molecule has 1 amide bonds. The Bertz CT molecular complexity index is 163. The number of carbonyl (C=O) groups excluding carboxylic acids is 2. The Kier molecular flexibility index (Phi) is 7.08. The Morgan fingerprint density at radius 3 is 2.77 bits per heavy atom. The van der Waals surface area contributed by atoms with Gasteiger partial charge in [-0.15, -0.1) is 0 Å². The van der Waals surface area contributed by atoms with Crippen LogP contribution in [0, 0.1) is 0 Å². The first-order valence-corrected chi connectivity index (χ1v) is 4.00. The molecular weight excluding hydrogens is 174 g/mol. The second-order valence-corrected chi connectivity index (χ2v) is 2.55. The molecule has 6 heteroatoms. The molecule has 0 rings (SSSR count). The standard InChI is InChI=1S/C7H15N3O3/c8-4-6(2-1-3-11)10-13-5-7(9)12/h3,6,10H,1-2,4-5,8H2,(H2,9,12). The molecule has 0 saturated heterocycles. The molecule has 0 aromatic heterocycles. The summed E-state index contributed by atoms with van der Waals surface area (Å²) in [6, 6.07) is -0.121.